The van der Waals surface area contributed by atoms with Crippen molar-refractivity contribution in [2.24, 2.45) is 0 Å². The number of benzene rings is 1. The molecular weight excluding hydrogens is 194 g/mol. The minimum absolute atomic E-state index is 0.134. The molecule has 2 rings (SSSR count). The van der Waals surface area contributed by atoms with Crippen molar-refractivity contribution in [3.05, 3.63) is 23.3 Å². The van der Waals surface area contributed by atoms with Gasteiger partial charge in [-0.2, -0.15) is 0 Å². The first kappa shape index (κ1) is 10.3. The Hall–Kier alpha value is -1.26. The first-order valence-electron chi connectivity index (χ1n) is 4.94. The molecule has 0 spiro atoms. The predicted octanol–water partition coefficient (Wildman–Crippen LogP) is 1.14. The van der Waals surface area contributed by atoms with E-state index in [9.17, 15) is 15.3 Å². The van der Waals surface area contributed by atoms with Crippen molar-refractivity contribution in [1.82, 2.24) is 4.90 Å². The summed E-state index contributed by atoms with van der Waals surface area (Å²) >= 11 is 0. The monoisotopic (exact) mass is 209 g/mol. The molecule has 1 heterocycles. The van der Waals surface area contributed by atoms with Crippen molar-refractivity contribution >= 4 is 0 Å². The number of hydrogen-bond acceptors (Lipinski definition) is 4. The zero-order valence-electron chi connectivity index (χ0n) is 8.81. The normalized spacial score (nSPS) is 26.3. The molecule has 0 bridgehead atoms. The molecule has 0 aliphatic carbocycles. The fourth-order valence-electron chi connectivity index (χ4n) is 2.03. The largest absolute Gasteiger partial charge is 0.504 e. The number of aliphatic hydroxyl groups excluding tert-OH is 1. The Labute approximate surface area is 88.4 Å². The summed E-state index contributed by atoms with van der Waals surface area (Å²) in [5, 5.41) is 28.6. The average Bonchev–Trinajstić information content (AvgIpc) is 2.18. The molecule has 0 saturated heterocycles. The molecule has 0 aromatic heterocycles. The Kier molecular flexibility index (Phi) is 2.32. The minimum atomic E-state index is -0.604. The van der Waals surface area contributed by atoms with Crippen molar-refractivity contribution in [2.45, 2.75) is 19.1 Å². The second-order valence-electron chi connectivity index (χ2n) is 4.10. The number of rotatable bonds is 0. The molecule has 82 valence electrons. The molecule has 1 aliphatic rings. The zero-order chi connectivity index (χ0) is 11.2. The smallest absolute Gasteiger partial charge is 0.157 e. The van der Waals surface area contributed by atoms with E-state index in [-0.39, 0.29) is 17.5 Å². The first-order chi connectivity index (χ1) is 7.00. The molecular formula is C11H15NO3. The number of nitrogens with zero attached hydrogens (tertiary/aromatic N) is 1. The molecule has 1 aromatic rings. The van der Waals surface area contributed by atoms with Gasteiger partial charge in [0.15, 0.2) is 11.5 Å². The highest BCUT2D eigenvalue weighted by Gasteiger charge is 2.28. The molecule has 4 nitrogen and oxygen atoms in total. The number of fused-ring (bicyclic) bond motifs is 1. The summed E-state index contributed by atoms with van der Waals surface area (Å²) in [5.74, 6) is -0.312. The summed E-state index contributed by atoms with van der Waals surface area (Å²) < 4.78 is 0. The third kappa shape index (κ3) is 1.56. The van der Waals surface area contributed by atoms with Gasteiger partial charge in [-0.1, -0.05) is 0 Å². The fraction of sp³-hybridized carbons (Fsp3) is 0.455. The quantitative estimate of drug-likeness (QED) is 0.561. The average molecular weight is 209 g/mol. The molecule has 0 saturated carbocycles. The third-order valence-corrected chi connectivity index (χ3v) is 3.11. The van der Waals surface area contributed by atoms with Crippen LogP contribution in [0.2, 0.25) is 0 Å². The molecule has 0 unspecified atom stereocenters. The highest BCUT2D eigenvalue weighted by Crippen LogP contribution is 2.39. The number of hydrogen-bond donors (Lipinski definition) is 3. The van der Waals surface area contributed by atoms with E-state index in [2.05, 4.69) is 0 Å². The second kappa shape index (κ2) is 3.40. The highest BCUT2D eigenvalue weighted by atomic mass is 16.3. The van der Waals surface area contributed by atoms with Crippen LogP contribution in [-0.4, -0.2) is 33.8 Å². The highest BCUT2D eigenvalue weighted by molar-refractivity contribution is 5.48. The van der Waals surface area contributed by atoms with Crippen LogP contribution < -0.4 is 0 Å². The van der Waals surface area contributed by atoms with Gasteiger partial charge in [0.1, 0.15) is 0 Å². The summed E-state index contributed by atoms with van der Waals surface area (Å²) in [6, 6.07) is 3.10. The number of phenols is 2. The molecule has 4 heteroatoms. The van der Waals surface area contributed by atoms with Crippen LogP contribution in [0.5, 0.6) is 11.5 Å². The fourth-order valence-corrected chi connectivity index (χ4v) is 2.03. The SMILES string of the molecule is C[C@H]1c2cc(O)c(O)cc2[C@H](O)CN1C. The van der Waals surface area contributed by atoms with Gasteiger partial charge in [-0.25, -0.2) is 0 Å². The van der Waals surface area contributed by atoms with Crippen molar-refractivity contribution in [3.63, 3.8) is 0 Å². The van der Waals surface area contributed by atoms with E-state index < -0.39 is 6.10 Å². The number of aromatic hydroxyl groups is 2. The zero-order valence-corrected chi connectivity index (χ0v) is 8.81. The maximum absolute atomic E-state index is 9.83. The van der Waals surface area contributed by atoms with Crippen LogP contribution in [0, 0.1) is 0 Å². The lowest BCUT2D eigenvalue weighted by molar-refractivity contribution is 0.0885. The lowest BCUT2D eigenvalue weighted by Crippen LogP contribution is -2.33. The van der Waals surface area contributed by atoms with Crippen molar-refractivity contribution in [3.8, 4) is 11.5 Å². The molecule has 0 fully saturated rings. The maximum atomic E-state index is 9.83. The molecule has 3 N–H and O–H groups in total. The number of β-amino-alcohol motifs (C(OH)–C–C–N with tert-alkyl or cyclic N) is 1. The standard InChI is InChI=1S/C11H15NO3/c1-6-7-3-9(13)10(14)4-8(7)11(15)5-12(6)2/h3-4,6,11,13-15H,5H2,1-2H3/t6-,11+/m0/s1. The maximum Gasteiger partial charge on any atom is 0.157 e. The molecule has 2 atom stereocenters. The molecule has 1 aliphatic heterocycles. The van der Waals surface area contributed by atoms with Crippen LogP contribution in [0.1, 0.15) is 30.2 Å². The van der Waals surface area contributed by atoms with Crippen molar-refractivity contribution in [1.29, 1.82) is 0 Å². The van der Waals surface area contributed by atoms with Gasteiger partial charge in [0, 0.05) is 12.6 Å². The lowest BCUT2D eigenvalue weighted by Gasteiger charge is -2.35. The van der Waals surface area contributed by atoms with Crippen LogP contribution in [0.15, 0.2) is 12.1 Å². The van der Waals surface area contributed by atoms with E-state index in [1.807, 2.05) is 18.9 Å². The summed E-state index contributed by atoms with van der Waals surface area (Å²) in [5.41, 5.74) is 1.57. The Morgan fingerprint density at radius 1 is 1.20 bits per heavy atom. The van der Waals surface area contributed by atoms with Crippen LogP contribution in [0.25, 0.3) is 0 Å². The third-order valence-electron chi connectivity index (χ3n) is 3.11. The Bertz CT molecular complexity index is 392. The topological polar surface area (TPSA) is 63.9 Å². The second-order valence-corrected chi connectivity index (χ2v) is 4.10. The van der Waals surface area contributed by atoms with Gasteiger partial charge in [-0.05, 0) is 37.2 Å². The van der Waals surface area contributed by atoms with E-state index in [4.69, 9.17) is 0 Å². The van der Waals surface area contributed by atoms with Gasteiger partial charge < -0.3 is 15.3 Å². The van der Waals surface area contributed by atoms with E-state index >= 15 is 0 Å². The minimum Gasteiger partial charge on any atom is -0.504 e. The van der Waals surface area contributed by atoms with Crippen LogP contribution in [0.3, 0.4) is 0 Å². The molecule has 0 amide bonds. The van der Waals surface area contributed by atoms with Crippen molar-refractivity contribution < 1.29 is 15.3 Å². The van der Waals surface area contributed by atoms with Gasteiger partial charge in [0.25, 0.3) is 0 Å². The van der Waals surface area contributed by atoms with Gasteiger partial charge in [-0.3, -0.25) is 4.90 Å². The van der Waals surface area contributed by atoms with Gasteiger partial charge in [0.05, 0.1) is 6.10 Å². The Balaban J connectivity index is 2.56. The van der Waals surface area contributed by atoms with E-state index in [1.54, 1.807) is 0 Å². The van der Waals surface area contributed by atoms with E-state index in [1.165, 1.54) is 12.1 Å². The van der Waals surface area contributed by atoms with Gasteiger partial charge >= 0.3 is 0 Å². The van der Waals surface area contributed by atoms with E-state index in [0.717, 1.165) is 5.56 Å². The summed E-state index contributed by atoms with van der Waals surface area (Å²) in [6.45, 7) is 2.54. The van der Waals surface area contributed by atoms with E-state index in [0.29, 0.717) is 12.1 Å². The lowest BCUT2D eigenvalue weighted by atomic mass is 9.91. The van der Waals surface area contributed by atoms with Crippen LogP contribution in [-0.2, 0) is 0 Å². The van der Waals surface area contributed by atoms with Crippen molar-refractivity contribution in [2.75, 3.05) is 13.6 Å². The number of likely N-dealkylation sites (N-methyl/N-ethyl adjacent to an activating group) is 1. The summed E-state index contributed by atoms with van der Waals surface area (Å²) in [4.78, 5) is 2.00. The molecule has 0 radical (unpaired) electrons. The summed E-state index contributed by atoms with van der Waals surface area (Å²) in [7, 11) is 1.92. The van der Waals surface area contributed by atoms with Crippen LogP contribution >= 0.6 is 0 Å². The summed E-state index contributed by atoms with van der Waals surface area (Å²) in [6.07, 6.45) is -0.604. The number of phenolic OH excluding ortho intramolecular Hbond substituents is 2. The molecule has 1 aromatic carbocycles. The van der Waals surface area contributed by atoms with Gasteiger partial charge in [0.2, 0.25) is 0 Å². The van der Waals surface area contributed by atoms with Crippen LogP contribution in [0.4, 0.5) is 0 Å². The predicted molar refractivity (Wildman–Crippen MR) is 55.8 cm³/mol. The first-order valence-corrected chi connectivity index (χ1v) is 4.94. The number of aliphatic hydroxyl groups is 1. The Morgan fingerprint density at radius 2 is 1.73 bits per heavy atom. The van der Waals surface area contributed by atoms with Gasteiger partial charge in [-0.15, -0.1) is 0 Å². The molecule has 15 heavy (non-hydrogen) atoms. The Morgan fingerprint density at radius 3 is 2.33 bits per heavy atom.